The number of aryl methyl sites for hydroxylation is 1. The molecule has 0 unspecified atom stereocenters. The summed E-state index contributed by atoms with van der Waals surface area (Å²) in [6.07, 6.45) is 3.03. The molecule has 0 spiro atoms. The number of piperidine rings is 1. The Morgan fingerprint density at radius 1 is 1.21 bits per heavy atom. The molecule has 0 saturated carbocycles. The van der Waals surface area contributed by atoms with Crippen molar-refractivity contribution in [1.29, 1.82) is 0 Å². The summed E-state index contributed by atoms with van der Waals surface area (Å²) in [5.74, 6) is 1.40. The van der Waals surface area contributed by atoms with Crippen LogP contribution in [0.3, 0.4) is 0 Å². The number of hydrogen-bond acceptors (Lipinski definition) is 4. The Balaban J connectivity index is 1.49. The van der Waals surface area contributed by atoms with Crippen molar-refractivity contribution in [3.8, 4) is 11.5 Å². The van der Waals surface area contributed by atoms with Crippen LogP contribution in [0.2, 0.25) is 0 Å². The standard InChI is InChI=1S/C22H27N3O3/c1-3-11-25-18-10-9-17(22(25)27)13-24(14-18)20(26)12-19-15(2)28-21(23-19)16-7-5-4-6-8-16/h4-8,17-18H,3,9-14H2,1-2H3/t17-,18+/m1/s1. The zero-order chi connectivity index (χ0) is 19.7. The molecule has 1 aromatic heterocycles. The van der Waals surface area contributed by atoms with Crippen LogP contribution in [0.4, 0.5) is 0 Å². The molecular weight excluding hydrogens is 354 g/mol. The van der Waals surface area contributed by atoms with Gasteiger partial charge in [0.1, 0.15) is 5.76 Å². The van der Waals surface area contributed by atoms with Crippen LogP contribution in [-0.2, 0) is 16.0 Å². The average molecular weight is 381 g/mol. The summed E-state index contributed by atoms with van der Waals surface area (Å²) in [4.78, 5) is 34.1. The Morgan fingerprint density at radius 2 is 2.00 bits per heavy atom. The van der Waals surface area contributed by atoms with Gasteiger partial charge in [-0.3, -0.25) is 9.59 Å². The van der Waals surface area contributed by atoms with E-state index in [-0.39, 0.29) is 30.2 Å². The maximum absolute atomic E-state index is 13.0. The van der Waals surface area contributed by atoms with Crippen LogP contribution in [0, 0.1) is 12.8 Å². The largest absolute Gasteiger partial charge is 0.441 e. The van der Waals surface area contributed by atoms with Crippen LogP contribution >= 0.6 is 0 Å². The minimum absolute atomic E-state index is 0.0269. The molecule has 6 heteroatoms. The number of amides is 2. The first kappa shape index (κ1) is 18.7. The highest BCUT2D eigenvalue weighted by molar-refractivity contribution is 5.84. The van der Waals surface area contributed by atoms with E-state index in [1.807, 2.05) is 47.1 Å². The van der Waals surface area contributed by atoms with E-state index in [1.54, 1.807) is 0 Å². The lowest BCUT2D eigenvalue weighted by molar-refractivity contribution is -0.139. The van der Waals surface area contributed by atoms with Gasteiger partial charge in [-0.25, -0.2) is 4.98 Å². The van der Waals surface area contributed by atoms with Gasteiger partial charge in [-0.1, -0.05) is 25.1 Å². The van der Waals surface area contributed by atoms with E-state index >= 15 is 0 Å². The van der Waals surface area contributed by atoms with Crippen molar-refractivity contribution in [2.45, 2.75) is 45.6 Å². The van der Waals surface area contributed by atoms with Crippen molar-refractivity contribution in [3.05, 3.63) is 41.8 Å². The molecule has 148 valence electrons. The van der Waals surface area contributed by atoms with E-state index < -0.39 is 0 Å². The topological polar surface area (TPSA) is 66.7 Å². The lowest BCUT2D eigenvalue weighted by Crippen LogP contribution is -2.48. The third-order valence-electron chi connectivity index (χ3n) is 5.84. The van der Waals surface area contributed by atoms with Crippen molar-refractivity contribution in [1.82, 2.24) is 14.8 Å². The second kappa shape index (κ2) is 7.78. The lowest BCUT2D eigenvalue weighted by atomic mass is 9.94. The smallest absolute Gasteiger partial charge is 0.228 e. The van der Waals surface area contributed by atoms with E-state index in [0.29, 0.717) is 30.4 Å². The second-order valence-corrected chi connectivity index (χ2v) is 7.82. The van der Waals surface area contributed by atoms with Crippen LogP contribution in [-0.4, -0.2) is 52.3 Å². The van der Waals surface area contributed by atoms with E-state index in [9.17, 15) is 9.59 Å². The predicted octanol–water partition coefficient (Wildman–Crippen LogP) is 3.05. The highest BCUT2D eigenvalue weighted by Crippen LogP contribution is 2.30. The number of nitrogens with zero attached hydrogens (tertiary/aromatic N) is 3. The molecule has 0 radical (unpaired) electrons. The van der Waals surface area contributed by atoms with Gasteiger partial charge >= 0.3 is 0 Å². The van der Waals surface area contributed by atoms with Crippen molar-refractivity contribution < 1.29 is 14.0 Å². The molecule has 0 N–H and O–H groups in total. The van der Waals surface area contributed by atoms with E-state index in [1.165, 1.54) is 0 Å². The summed E-state index contributed by atoms with van der Waals surface area (Å²) in [5.41, 5.74) is 1.58. The molecular formula is C22H27N3O3. The first-order valence-corrected chi connectivity index (χ1v) is 10.2. The third-order valence-corrected chi connectivity index (χ3v) is 5.84. The van der Waals surface area contributed by atoms with Crippen LogP contribution < -0.4 is 0 Å². The number of carbonyl (C=O) groups is 2. The number of benzene rings is 1. The quantitative estimate of drug-likeness (QED) is 0.798. The summed E-state index contributed by atoms with van der Waals surface area (Å²) in [6.45, 7) is 5.87. The zero-order valence-corrected chi connectivity index (χ0v) is 16.6. The van der Waals surface area contributed by atoms with Gasteiger partial charge in [-0.05, 0) is 38.3 Å². The number of aromatic nitrogens is 1. The molecule has 2 aromatic rings. The second-order valence-electron chi connectivity index (χ2n) is 7.82. The van der Waals surface area contributed by atoms with E-state index in [4.69, 9.17) is 4.42 Å². The highest BCUT2D eigenvalue weighted by Gasteiger charge is 2.41. The van der Waals surface area contributed by atoms with Gasteiger partial charge in [0.05, 0.1) is 18.0 Å². The molecule has 1 aromatic carbocycles. The maximum atomic E-state index is 13.0. The summed E-state index contributed by atoms with van der Waals surface area (Å²) >= 11 is 0. The number of hydrogen-bond donors (Lipinski definition) is 0. The molecule has 4 heterocycles. The molecule has 2 bridgehead atoms. The molecule has 6 nitrogen and oxygen atoms in total. The van der Waals surface area contributed by atoms with Gasteiger partial charge in [0, 0.05) is 31.2 Å². The summed E-state index contributed by atoms with van der Waals surface area (Å²) in [5, 5.41) is 0. The van der Waals surface area contributed by atoms with Gasteiger partial charge in [0.15, 0.2) is 0 Å². The van der Waals surface area contributed by atoms with Gasteiger partial charge in [-0.15, -0.1) is 0 Å². The third kappa shape index (κ3) is 3.55. The molecule has 3 aliphatic heterocycles. The lowest BCUT2D eigenvalue weighted by Gasteiger charge is -2.35. The van der Waals surface area contributed by atoms with Crippen molar-refractivity contribution in [2.24, 2.45) is 5.92 Å². The minimum atomic E-state index is -0.0625. The van der Waals surface area contributed by atoms with Gasteiger partial charge in [0.2, 0.25) is 17.7 Å². The molecule has 2 atom stereocenters. The summed E-state index contributed by atoms with van der Waals surface area (Å²) in [6, 6.07) is 9.85. The fraction of sp³-hybridized carbons (Fsp3) is 0.500. The van der Waals surface area contributed by atoms with E-state index in [2.05, 4.69) is 11.9 Å². The average Bonchev–Trinajstić information content (AvgIpc) is 2.88. The van der Waals surface area contributed by atoms with Gasteiger partial charge in [-0.2, -0.15) is 0 Å². The molecule has 28 heavy (non-hydrogen) atoms. The van der Waals surface area contributed by atoms with Gasteiger partial charge < -0.3 is 14.2 Å². The van der Waals surface area contributed by atoms with Crippen LogP contribution in [0.25, 0.3) is 11.5 Å². The number of oxazole rings is 1. The van der Waals surface area contributed by atoms with Crippen molar-refractivity contribution >= 4 is 11.8 Å². The Hall–Kier alpha value is -2.63. The molecule has 3 saturated heterocycles. The van der Waals surface area contributed by atoms with Crippen LogP contribution in [0.1, 0.15) is 37.6 Å². The summed E-state index contributed by atoms with van der Waals surface area (Å²) in [7, 11) is 0. The zero-order valence-electron chi connectivity index (χ0n) is 16.6. The van der Waals surface area contributed by atoms with Crippen LogP contribution in [0.5, 0.6) is 0 Å². The molecule has 3 aliphatic rings. The van der Waals surface area contributed by atoms with Crippen LogP contribution in [0.15, 0.2) is 34.7 Å². The Kier molecular flexibility index (Phi) is 5.20. The molecule has 3 fully saturated rings. The number of carbonyl (C=O) groups excluding carboxylic acids is 2. The minimum Gasteiger partial charge on any atom is -0.441 e. The van der Waals surface area contributed by atoms with Crippen molar-refractivity contribution in [2.75, 3.05) is 19.6 Å². The number of rotatable bonds is 5. The number of fused-ring (bicyclic) bond motifs is 4. The highest BCUT2D eigenvalue weighted by atomic mass is 16.4. The molecule has 0 aliphatic carbocycles. The predicted molar refractivity (Wildman–Crippen MR) is 105 cm³/mol. The molecule has 5 rings (SSSR count). The monoisotopic (exact) mass is 381 g/mol. The van der Waals surface area contributed by atoms with E-state index in [0.717, 1.165) is 31.4 Å². The normalized spacial score (nSPS) is 21.9. The SMILES string of the molecule is CCCN1C(=O)[C@@H]2CC[C@H]1CN(C(=O)Cc1nc(-c3ccccc3)oc1C)C2. The fourth-order valence-corrected chi connectivity index (χ4v) is 4.33. The fourth-order valence-electron chi connectivity index (χ4n) is 4.33. The first-order valence-electron chi connectivity index (χ1n) is 10.2. The Morgan fingerprint density at radius 3 is 2.75 bits per heavy atom. The Bertz CT molecular complexity index is 861. The molecule has 2 amide bonds. The Labute approximate surface area is 165 Å². The maximum Gasteiger partial charge on any atom is 0.228 e. The summed E-state index contributed by atoms with van der Waals surface area (Å²) < 4.78 is 5.79. The first-order chi connectivity index (χ1) is 13.6. The van der Waals surface area contributed by atoms with Gasteiger partial charge in [0.25, 0.3) is 0 Å². The van der Waals surface area contributed by atoms with Crippen molar-refractivity contribution in [3.63, 3.8) is 0 Å².